The zero-order valence-corrected chi connectivity index (χ0v) is 14.6. The summed E-state index contributed by atoms with van der Waals surface area (Å²) in [6.07, 6.45) is -0.235. The highest BCUT2D eigenvalue weighted by Crippen LogP contribution is 2.29. The number of fused-ring (bicyclic) bond motifs is 1. The van der Waals surface area contributed by atoms with Gasteiger partial charge in [-0.1, -0.05) is 29.5 Å². The number of esters is 1. The lowest BCUT2D eigenvalue weighted by Crippen LogP contribution is -2.21. The van der Waals surface area contributed by atoms with Gasteiger partial charge in [-0.3, -0.25) is 14.9 Å². The second-order valence-electron chi connectivity index (χ2n) is 5.33. The van der Waals surface area contributed by atoms with E-state index in [1.807, 2.05) is 6.07 Å². The molecule has 134 valence electrons. The molecule has 8 heteroatoms. The molecule has 0 unspecified atom stereocenters. The number of nitrogens with one attached hydrogen (secondary N) is 1. The predicted molar refractivity (Wildman–Crippen MR) is 95.9 cm³/mol. The molecule has 0 atom stereocenters. The van der Waals surface area contributed by atoms with E-state index in [-0.39, 0.29) is 12.0 Å². The Morgan fingerprint density at radius 2 is 2.04 bits per heavy atom. The molecular weight excluding hydrogens is 359 g/mol. The maximum atomic E-state index is 13.5. The Labute approximate surface area is 152 Å². The first kappa shape index (κ1) is 17.8. The minimum atomic E-state index is -0.681. The Balaban J connectivity index is 1.54. The van der Waals surface area contributed by atoms with Crippen molar-refractivity contribution in [2.45, 2.75) is 6.42 Å². The van der Waals surface area contributed by atoms with Gasteiger partial charge in [0.15, 0.2) is 11.7 Å². The lowest BCUT2D eigenvalue weighted by atomic mass is 10.1. The Kier molecular flexibility index (Phi) is 5.43. The molecule has 6 nitrogen and oxygen atoms in total. The summed E-state index contributed by atoms with van der Waals surface area (Å²) in [5.41, 5.74) is 0.945. The number of ether oxygens (including phenoxy) is 2. The molecule has 1 heterocycles. The van der Waals surface area contributed by atoms with Crippen LogP contribution >= 0.6 is 11.3 Å². The van der Waals surface area contributed by atoms with Gasteiger partial charge in [0.1, 0.15) is 11.6 Å². The normalized spacial score (nSPS) is 10.5. The molecule has 3 rings (SSSR count). The van der Waals surface area contributed by atoms with E-state index >= 15 is 0 Å². The van der Waals surface area contributed by atoms with Crippen LogP contribution in [0.3, 0.4) is 0 Å². The van der Waals surface area contributed by atoms with Crippen molar-refractivity contribution < 1.29 is 23.5 Å². The number of amides is 1. The molecule has 1 N–H and O–H groups in total. The van der Waals surface area contributed by atoms with Crippen LogP contribution in [-0.2, 0) is 20.7 Å². The van der Waals surface area contributed by atoms with Gasteiger partial charge in [0.25, 0.3) is 5.91 Å². The lowest BCUT2D eigenvalue weighted by Gasteiger charge is -2.05. The van der Waals surface area contributed by atoms with E-state index in [9.17, 15) is 14.0 Å². The maximum absolute atomic E-state index is 13.5. The van der Waals surface area contributed by atoms with Gasteiger partial charge in [0, 0.05) is 0 Å². The number of anilines is 1. The summed E-state index contributed by atoms with van der Waals surface area (Å²) in [5, 5.41) is 2.97. The van der Waals surface area contributed by atoms with Gasteiger partial charge in [-0.25, -0.2) is 9.37 Å². The van der Waals surface area contributed by atoms with E-state index in [0.29, 0.717) is 10.9 Å². The topological polar surface area (TPSA) is 77.5 Å². The first-order chi connectivity index (χ1) is 12.5. The molecule has 0 saturated heterocycles. The molecule has 0 radical (unpaired) electrons. The highest BCUT2D eigenvalue weighted by molar-refractivity contribution is 7.22. The van der Waals surface area contributed by atoms with Crippen LogP contribution < -0.4 is 10.1 Å². The predicted octanol–water partition coefficient (Wildman–Crippen LogP) is 3.17. The largest absolute Gasteiger partial charge is 0.497 e. The van der Waals surface area contributed by atoms with Crippen molar-refractivity contribution >= 4 is 38.6 Å². The average molecular weight is 374 g/mol. The third kappa shape index (κ3) is 4.34. The van der Waals surface area contributed by atoms with E-state index in [2.05, 4.69) is 10.3 Å². The average Bonchev–Trinajstić information content (AvgIpc) is 3.03. The van der Waals surface area contributed by atoms with Crippen molar-refractivity contribution in [1.82, 2.24) is 4.98 Å². The molecular formula is C18H15FN2O4S. The quantitative estimate of drug-likeness (QED) is 0.671. The number of halogens is 1. The molecule has 1 amide bonds. The number of benzene rings is 2. The number of nitrogens with zero attached hydrogens (tertiary/aromatic N) is 1. The molecule has 3 aromatic rings. The zero-order valence-electron chi connectivity index (χ0n) is 13.8. The molecule has 1 aromatic heterocycles. The monoisotopic (exact) mass is 374 g/mol. The number of hydrogen-bond acceptors (Lipinski definition) is 6. The van der Waals surface area contributed by atoms with E-state index in [4.69, 9.17) is 9.47 Å². The fourth-order valence-electron chi connectivity index (χ4n) is 2.24. The number of carbonyl (C=O) groups is 2. The van der Waals surface area contributed by atoms with E-state index < -0.39 is 24.3 Å². The van der Waals surface area contributed by atoms with Crippen molar-refractivity contribution in [3.05, 3.63) is 53.8 Å². The molecule has 0 spiro atoms. The Morgan fingerprint density at radius 3 is 2.81 bits per heavy atom. The number of carbonyl (C=O) groups excluding carboxylic acids is 2. The van der Waals surface area contributed by atoms with E-state index in [0.717, 1.165) is 10.2 Å². The summed E-state index contributed by atoms with van der Waals surface area (Å²) in [5.74, 6) is -0.989. The molecule has 0 saturated carbocycles. The Hall–Kier alpha value is -3.00. The highest BCUT2D eigenvalue weighted by atomic mass is 32.1. The van der Waals surface area contributed by atoms with Crippen LogP contribution in [0.5, 0.6) is 5.75 Å². The summed E-state index contributed by atoms with van der Waals surface area (Å²) in [4.78, 5) is 27.9. The van der Waals surface area contributed by atoms with Gasteiger partial charge in [0.05, 0.1) is 23.7 Å². The molecule has 2 aromatic carbocycles. The smallest absolute Gasteiger partial charge is 0.310 e. The summed E-state index contributed by atoms with van der Waals surface area (Å²) in [6, 6.07) is 11.3. The third-order valence-corrected chi connectivity index (χ3v) is 4.43. The second-order valence-corrected chi connectivity index (χ2v) is 6.36. The van der Waals surface area contributed by atoms with Crippen molar-refractivity contribution in [1.29, 1.82) is 0 Å². The second kappa shape index (κ2) is 7.92. The SMILES string of the molecule is COc1ccc2nc(NC(=O)COC(=O)Cc3ccccc3F)sc2c1. The van der Waals surface area contributed by atoms with Crippen LogP contribution in [-0.4, -0.2) is 30.6 Å². The van der Waals surface area contributed by atoms with Gasteiger partial charge in [0.2, 0.25) is 0 Å². The number of aromatic nitrogens is 1. The molecule has 0 fully saturated rings. The van der Waals surface area contributed by atoms with Crippen LogP contribution in [0, 0.1) is 5.82 Å². The van der Waals surface area contributed by atoms with E-state index in [1.165, 1.54) is 29.5 Å². The van der Waals surface area contributed by atoms with Gasteiger partial charge >= 0.3 is 5.97 Å². The fraction of sp³-hybridized carbons (Fsp3) is 0.167. The molecule has 26 heavy (non-hydrogen) atoms. The van der Waals surface area contributed by atoms with Crippen molar-refractivity contribution in [2.24, 2.45) is 0 Å². The molecule has 0 aliphatic carbocycles. The number of hydrogen-bond donors (Lipinski definition) is 1. The minimum absolute atomic E-state index is 0.220. The van der Waals surface area contributed by atoms with Gasteiger partial charge in [-0.15, -0.1) is 0 Å². The number of thiazole rings is 1. The van der Waals surface area contributed by atoms with Crippen LogP contribution in [0.4, 0.5) is 9.52 Å². The van der Waals surface area contributed by atoms with Crippen molar-refractivity contribution in [3.8, 4) is 5.75 Å². The molecule has 0 bridgehead atoms. The maximum Gasteiger partial charge on any atom is 0.310 e. The Bertz CT molecular complexity index is 957. The van der Waals surface area contributed by atoms with Crippen LogP contribution in [0.2, 0.25) is 0 Å². The number of methoxy groups -OCH3 is 1. The van der Waals surface area contributed by atoms with Gasteiger partial charge in [-0.2, -0.15) is 0 Å². The summed E-state index contributed by atoms with van der Waals surface area (Å²) >= 11 is 1.28. The van der Waals surface area contributed by atoms with Gasteiger partial charge < -0.3 is 9.47 Å². The standard InChI is InChI=1S/C18H15FN2O4S/c1-24-12-6-7-14-15(9-12)26-18(20-14)21-16(22)10-25-17(23)8-11-4-2-3-5-13(11)19/h2-7,9H,8,10H2,1H3,(H,20,21,22). The number of rotatable bonds is 6. The summed E-state index contributed by atoms with van der Waals surface area (Å²) < 4.78 is 24.4. The zero-order chi connectivity index (χ0) is 18.5. The van der Waals surface area contributed by atoms with Crippen molar-refractivity contribution in [3.63, 3.8) is 0 Å². The van der Waals surface area contributed by atoms with Crippen LogP contribution in [0.25, 0.3) is 10.2 Å². The third-order valence-electron chi connectivity index (χ3n) is 3.50. The first-order valence-electron chi connectivity index (χ1n) is 7.68. The van der Waals surface area contributed by atoms with Crippen LogP contribution in [0.15, 0.2) is 42.5 Å². The Morgan fingerprint density at radius 1 is 1.23 bits per heavy atom. The lowest BCUT2D eigenvalue weighted by molar-refractivity contribution is -0.146. The van der Waals surface area contributed by atoms with Crippen LogP contribution in [0.1, 0.15) is 5.56 Å². The highest BCUT2D eigenvalue weighted by Gasteiger charge is 2.13. The minimum Gasteiger partial charge on any atom is -0.497 e. The van der Waals surface area contributed by atoms with Gasteiger partial charge in [-0.05, 0) is 29.8 Å². The van der Waals surface area contributed by atoms with E-state index in [1.54, 1.807) is 25.3 Å². The first-order valence-corrected chi connectivity index (χ1v) is 8.50. The molecule has 0 aliphatic rings. The summed E-state index contributed by atoms with van der Waals surface area (Å²) in [7, 11) is 1.57. The molecule has 0 aliphatic heterocycles. The summed E-state index contributed by atoms with van der Waals surface area (Å²) in [6.45, 7) is -0.466. The van der Waals surface area contributed by atoms with Crippen molar-refractivity contribution in [2.75, 3.05) is 19.0 Å². The fourth-order valence-corrected chi connectivity index (χ4v) is 3.15.